The summed E-state index contributed by atoms with van der Waals surface area (Å²) in [5, 5.41) is 9.25. The number of furan rings is 1. The van der Waals surface area contributed by atoms with Crippen molar-refractivity contribution >= 4 is 11.9 Å². The molecule has 0 aliphatic carbocycles. The zero-order valence-corrected chi connectivity index (χ0v) is 16.6. The van der Waals surface area contributed by atoms with Crippen LogP contribution in [0, 0.1) is 5.92 Å². The lowest BCUT2D eigenvalue weighted by molar-refractivity contribution is -0.138. The topological polar surface area (TPSA) is 74.0 Å². The van der Waals surface area contributed by atoms with E-state index in [1.54, 1.807) is 24.5 Å². The Bertz CT molecular complexity index is 840. The Morgan fingerprint density at radius 1 is 1.07 bits per heavy atom. The van der Waals surface area contributed by atoms with Crippen LogP contribution in [-0.2, 0) is 11.3 Å². The molecule has 6 nitrogen and oxygen atoms in total. The molecule has 2 aromatic rings. The van der Waals surface area contributed by atoms with Gasteiger partial charge in [-0.1, -0.05) is 12.1 Å². The van der Waals surface area contributed by atoms with Crippen LogP contribution >= 0.6 is 0 Å². The minimum Gasteiger partial charge on any atom is -0.478 e. The van der Waals surface area contributed by atoms with Crippen LogP contribution in [0.15, 0.2) is 47.1 Å². The van der Waals surface area contributed by atoms with Crippen molar-refractivity contribution in [2.75, 3.05) is 26.2 Å². The number of carbonyl (C=O) groups is 2. The number of rotatable bonds is 5. The smallest absolute Gasteiger partial charge is 0.335 e. The monoisotopic (exact) mass is 396 g/mol. The molecule has 2 saturated heterocycles. The average Bonchev–Trinajstić information content (AvgIpc) is 3.27. The third kappa shape index (κ3) is 4.70. The van der Waals surface area contributed by atoms with Crippen molar-refractivity contribution in [1.82, 2.24) is 9.80 Å². The summed E-state index contributed by atoms with van der Waals surface area (Å²) in [5.74, 6) is 0.633. The Balaban J connectivity index is 1.33. The Morgan fingerprint density at radius 3 is 2.62 bits per heavy atom. The largest absolute Gasteiger partial charge is 0.478 e. The number of nitrogens with zero attached hydrogens (tertiary/aromatic N) is 2. The van der Waals surface area contributed by atoms with Crippen molar-refractivity contribution in [3.8, 4) is 0 Å². The number of hydrogen-bond donors (Lipinski definition) is 1. The van der Waals surface area contributed by atoms with Crippen molar-refractivity contribution in [2.45, 2.75) is 38.1 Å². The summed E-state index contributed by atoms with van der Waals surface area (Å²) < 4.78 is 5.43. The van der Waals surface area contributed by atoms with E-state index in [0.29, 0.717) is 12.1 Å². The number of amides is 1. The number of carboxylic acids is 1. The molecule has 2 fully saturated rings. The maximum Gasteiger partial charge on any atom is 0.335 e. The first-order valence-corrected chi connectivity index (χ1v) is 10.5. The Labute approximate surface area is 171 Å². The molecule has 0 bridgehead atoms. The zero-order valence-electron chi connectivity index (χ0n) is 16.6. The van der Waals surface area contributed by atoms with Gasteiger partial charge in [0.25, 0.3) is 0 Å². The summed E-state index contributed by atoms with van der Waals surface area (Å²) in [6.45, 7) is 4.12. The van der Waals surface area contributed by atoms with Crippen LogP contribution < -0.4 is 0 Å². The van der Waals surface area contributed by atoms with Crippen LogP contribution in [-0.4, -0.2) is 53.0 Å². The molecule has 154 valence electrons. The lowest BCUT2D eigenvalue weighted by Gasteiger charge is -2.38. The molecule has 2 aliphatic heterocycles. The molecule has 0 saturated carbocycles. The van der Waals surface area contributed by atoms with Gasteiger partial charge in [-0.2, -0.15) is 0 Å². The Hall–Kier alpha value is -2.60. The van der Waals surface area contributed by atoms with Crippen molar-refractivity contribution in [3.05, 3.63) is 59.5 Å². The van der Waals surface area contributed by atoms with Crippen LogP contribution in [0.2, 0.25) is 0 Å². The Morgan fingerprint density at radius 2 is 1.90 bits per heavy atom. The first kappa shape index (κ1) is 19.7. The van der Waals surface area contributed by atoms with Crippen molar-refractivity contribution in [2.24, 2.45) is 5.92 Å². The molecule has 3 heterocycles. The molecular formula is C23H28N2O4. The lowest BCUT2D eigenvalue weighted by Crippen LogP contribution is -2.45. The lowest BCUT2D eigenvalue weighted by atomic mass is 9.88. The molecule has 0 radical (unpaired) electrons. The van der Waals surface area contributed by atoms with E-state index in [9.17, 15) is 14.7 Å². The number of likely N-dealkylation sites (tertiary alicyclic amines) is 2. The third-order valence-electron chi connectivity index (χ3n) is 6.23. The fourth-order valence-electron chi connectivity index (χ4n) is 4.59. The standard InChI is InChI=1S/C23H28N2O4/c26-22(17-8-11-24(12-9-17)16-21-7-3-13-29-21)25-10-2-6-20(15-25)18-4-1-5-19(14-18)23(27)28/h1,3-5,7,13-14,17,20H,2,6,8-12,15-16H2,(H,27,28). The van der Waals surface area contributed by atoms with Gasteiger partial charge in [0.15, 0.2) is 0 Å². The van der Waals surface area contributed by atoms with E-state index in [2.05, 4.69) is 4.90 Å². The van der Waals surface area contributed by atoms with Gasteiger partial charge in [-0.25, -0.2) is 4.79 Å². The van der Waals surface area contributed by atoms with Crippen LogP contribution in [0.4, 0.5) is 0 Å². The summed E-state index contributed by atoms with van der Waals surface area (Å²) in [6, 6.07) is 11.1. The van der Waals surface area contributed by atoms with E-state index in [-0.39, 0.29) is 17.7 Å². The zero-order chi connectivity index (χ0) is 20.2. The van der Waals surface area contributed by atoms with E-state index in [1.165, 1.54) is 0 Å². The molecule has 1 aromatic heterocycles. The van der Waals surface area contributed by atoms with Gasteiger partial charge in [-0.3, -0.25) is 9.69 Å². The van der Waals surface area contributed by atoms with Gasteiger partial charge in [0.2, 0.25) is 5.91 Å². The van der Waals surface area contributed by atoms with Crippen LogP contribution in [0.3, 0.4) is 0 Å². The summed E-state index contributed by atoms with van der Waals surface area (Å²) >= 11 is 0. The minimum atomic E-state index is -0.906. The van der Waals surface area contributed by atoms with E-state index in [0.717, 1.165) is 63.2 Å². The molecule has 1 atom stereocenters. The van der Waals surface area contributed by atoms with Gasteiger partial charge < -0.3 is 14.4 Å². The highest BCUT2D eigenvalue weighted by molar-refractivity contribution is 5.87. The molecule has 1 aromatic carbocycles. The number of piperidine rings is 2. The highest BCUT2D eigenvalue weighted by atomic mass is 16.4. The third-order valence-corrected chi connectivity index (χ3v) is 6.23. The fourth-order valence-corrected chi connectivity index (χ4v) is 4.59. The van der Waals surface area contributed by atoms with Crippen molar-refractivity contribution in [1.29, 1.82) is 0 Å². The summed E-state index contributed by atoms with van der Waals surface area (Å²) in [7, 11) is 0. The molecule has 0 spiro atoms. The van der Waals surface area contributed by atoms with Crippen LogP contribution in [0.5, 0.6) is 0 Å². The molecule has 4 rings (SSSR count). The second-order valence-electron chi connectivity index (χ2n) is 8.18. The van der Waals surface area contributed by atoms with Crippen molar-refractivity contribution in [3.63, 3.8) is 0 Å². The second kappa shape index (κ2) is 8.82. The van der Waals surface area contributed by atoms with E-state index in [1.807, 2.05) is 23.1 Å². The highest BCUT2D eigenvalue weighted by Crippen LogP contribution is 2.30. The second-order valence-corrected chi connectivity index (χ2v) is 8.18. The fraction of sp³-hybridized carbons (Fsp3) is 0.478. The van der Waals surface area contributed by atoms with Crippen LogP contribution in [0.1, 0.15) is 53.3 Å². The average molecular weight is 396 g/mol. The molecule has 1 amide bonds. The molecule has 6 heteroatoms. The number of carbonyl (C=O) groups excluding carboxylic acids is 1. The Kier molecular flexibility index (Phi) is 6.00. The number of aromatic carboxylic acids is 1. The maximum atomic E-state index is 13.1. The molecule has 29 heavy (non-hydrogen) atoms. The predicted octanol–water partition coefficient (Wildman–Crippen LogP) is 3.60. The SMILES string of the molecule is O=C(O)c1cccc(C2CCCN(C(=O)C3CCN(Cc4ccco4)CC3)C2)c1. The van der Waals surface area contributed by atoms with Gasteiger partial charge in [0, 0.05) is 24.9 Å². The number of hydrogen-bond acceptors (Lipinski definition) is 4. The predicted molar refractivity (Wildman–Crippen MR) is 109 cm³/mol. The first-order valence-electron chi connectivity index (χ1n) is 10.5. The number of carboxylic acid groups (broad SMARTS) is 1. The van der Waals surface area contributed by atoms with Gasteiger partial charge in [0.1, 0.15) is 5.76 Å². The quantitative estimate of drug-likeness (QED) is 0.836. The minimum absolute atomic E-state index is 0.0898. The van der Waals surface area contributed by atoms with Crippen LogP contribution in [0.25, 0.3) is 0 Å². The first-order chi connectivity index (χ1) is 14.1. The van der Waals surface area contributed by atoms with Gasteiger partial charge in [-0.05, 0) is 68.6 Å². The van der Waals surface area contributed by atoms with Crippen molar-refractivity contribution < 1.29 is 19.1 Å². The maximum absolute atomic E-state index is 13.1. The van der Waals surface area contributed by atoms with Gasteiger partial charge in [-0.15, -0.1) is 0 Å². The molecule has 2 aliphatic rings. The van der Waals surface area contributed by atoms with Gasteiger partial charge in [0.05, 0.1) is 18.4 Å². The molecule has 1 unspecified atom stereocenters. The summed E-state index contributed by atoms with van der Waals surface area (Å²) in [4.78, 5) is 28.7. The van der Waals surface area contributed by atoms with E-state index in [4.69, 9.17) is 4.42 Å². The van der Waals surface area contributed by atoms with E-state index < -0.39 is 5.97 Å². The van der Waals surface area contributed by atoms with Gasteiger partial charge >= 0.3 is 5.97 Å². The summed E-state index contributed by atoms with van der Waals surface area (Å²) in [5.41, 5.74) is 1.34. The normalized spacial score (nSPS) is 21.2. The number of benzene rings is 1. The molecule has 1 N–H and O–H groups in total. The van der Waals surface area contributed by atoms with E-state index >= 15 is 0 Å². The summed E-state index contributed by atoms with van der Waals surface area (Å²) in [6.07, 6.45) is 5.43. The molecular weight excluding hydrogens is 368 g/mol. The highest BCUT2D eigenvalue weighted by Gasteiger charge is 2.32.